The Morgan fingerprint density at radius 1 is 1.24 bits per heavy atom. The summed E-state index contributed by atoms with van der Waals surface area (Å²) >= 11 is 0. The average Bonchev–Trinajstić information content (AvgIpc) is 2.95. The highest BCUT2D eigenvalue weighted by Crippen LogP contribution is 2.25. The molecule has 0 aliphatic rings. The number of para-hydroxylation sites is 1. The second kappa shape index (κ2) is 7.69. The Morgan fingerprint density at radius 2 is 2.00 bits per heavy atom. The number of benzene rings is 1. The van der Waals surface area contributed by atoms with Crippen LogP contribution in [-0.4, -0.2) is 30.0 Å². The van der Waals surface area contributed by atoms with E-state index in [1.54, 1.807) is 13.3 Å². The molecule has 0 aliphatic heterocycles. The number of methoxy groups -OCH3 is 1. The Balaban J connectivity index is 2.16. The van der Waals surface area contributed by atoms with Crippen molar-refractivity contribution >= 4 is 0 Å². The van der Waals surface area contributed by atoms with Gasteiger partial charge in [-0.1, -0.05) is 25.1 Å². The van der Waals surface area contributed by atoms with E-state index in [2.05, 4.69) is 24.3 Å². The largest absolute Gasteiger partial charge is 0.493 e. The van der Waals surface area contributed by atoms with Gasteiger partial charge in [0.25, 0.3) is 0 Å². The van der Waals surface area contributed by atoms with Crippen LogP contribution < -0.4 is 14.8 Å². The molecule has 114 valence electrons. The van der Waals surface area contributed by atoms with Crippen molar-refractivity contribution in [1.29, 1.82) is 0 Å². The molecule has 1 aromatic heterocycles. The Kier molecular flexibility index (Phi) is 5.63. The summed E-state index contributed by atoms with van der Waals surface area (Å²) in [5.41, 5.74) is 1.03. The highest BCUT2D eigenvalue weighted by atomic mass is 16.5. The number of rotatable bonds is 8. The smallest absolute Gasteiger partial charge is 0.161 e. The molecule has 0 spiro atoms. The highest BCUT2D eigenvalue weighted by Gasteiger charge is 2.21. The predicted molar refractivity (Wildman–Crippen MR) is 82.8 cm³/mol. The first kappa shape index (κ1) is 15.4. The van der Waals surface area contributed by atoms with Crippen LogP contribution in [-0.2, 0) is 6.54 Å². The van der Waals surface area contributed by atoms with Gasteiger partial charge >= 0.3 is 0 Å². The number of ether oxygens (including phenoxy) is 2. The van der Waals surface area contributed by atoms with Crippen LogP contribution in [0.15, 0.2) is 36.5 Å². The average molecular weight is 289 g/mol. The molecule has 0 fully saturated rings. The number of hydrogen-bond acceptors (Lipinski definition) is 4. The van der Waals surface area contributed by atoms with Crippen LogP contribution in [0.5, 0.6) is 11.5 Å². The van der Waals surface area contributed by atoms with Crippen molar-refractivity contribution in [3.8, 4) is 11.5 Å². The fourth-order valence-corrected chi connectivity index (χ4v) is 2.32. The van der Waals surface area contributed by atoms with Crippen molar-refractivity contribution in [2.24, 2.45) is 0 Å². The molecular formula is C16H23N3O2. The lowest BCUT2D eigenvalue weighted by molar-refractivity contribution is 0.256. The maximum absolute atomic E-state index is 5.88. The number of aryl methyl sites for hydroxylation is 1. The quantitative estimate of drug-likeness (QED) is 0.811. The summed E-state index contributed by atoms with van der Waals surface area (Å²) in [4.78, 5) is 0. The summed E-state index contributed by atoms with van der Waals surface area (Å²) in [6.07, 6.45) is 1.76. The van der Waals surface area contributed by atoms with Crippen LogP contribution in [0.25, 0.3) is 0 Å². The first-order valence-corrected chi connectivity index (χ1v) is 7.31. The van der Waals surface area contributed by atoms with Crippen LogP contribution in [0.3, 0.4) is 0 Å². The zero-order valence-electron chi connectivity index (χ0n) is 12.9. The maximum atomic E-state index is 5.88. The third kappa shape index (κ3) is 3.76. The summed E-state index contributed by atoms with van der Waals surface area (Å²) < 4.78 is 13.3. The van der Waals surface area contributed by atoms with Crippen molar-refractivity contribution in [1.82, 2.24) is 15.1 Å². The zero-order valence-corrected chi connectivity index (χ0v) is 12.9. The fourth-order valence-electron chi connectivity index (χ4n) is 2.32. The molecule has 0 saturated heterocycles. The molecule has 2 rings (SSSR count). The van der Waals surface area contributed by atoms with Crippen LogP contribution >= 0.6 is 0 Å². The van der Waals surface area contributed by atoms with E-state index in [9.17, 15) is 0 Å². The van der Waals surface area contributed by atoms with Gasteiger partial charge in [0, 0.05) is 6.54 Å². The summed E-state index contributed by atoms with van der Waals surface area (Å²) in [7, 11) is 1.67. The third-order valence-corrected chi connectivity index (χ3v) is 3.30. The maximum Gasteiger partial charge on any atom is 0.161 e. The molecule has 2 aromatic rings. The van der Waals surface area contributed by atoms with E-state index in [1.165, 1.54) is 0 Å². The first-order chi connectivity index (χ1) is 10.3. The van der Waals surface area contributed by atoms with E-state index in [0.29, 0.717) is 6.61 Å². The molecular weight excluding hydrogens is 266 g/mol. The van der Waals surface area contributed by atoms with Crippen LogP contribution in [0.1, 0.15) is 25.6 Å². The molecule has 21 heavy (non-hydrogen) atoms. The van der Waals surface area contributed by atoms with E-state index in [4.69, 9.17) is 9.47 Å². The van der Waals surface area contributed by atoms with Gasteiger partial charge in [0.2, 0.25) is 0 Å². The minimum absolute atomic E-state index is 0.0348. The van der Waals surface area contributed by atoms with Gasteiger partial charge in [-0.3, -0.25) is 4.68 Å². The lowest BCUT2D eigenvalue weighted by Crippen LogP contribution is -2.29. The summed E-state index contributed by atoms with van der Waals surface area (Å²) in [6.45, 7) is 6.32. The van der Waals surface area contributed by atoms with E-state index in [0.717, 1.165) is 30.3 Å². The van der Waals surface area contributed by atoms with Gasteiger partial charge < -0.3 is 14.8 Å². The molecule has 1 N–H and O–H groups in total. The molecule has 0 aliphatic carbocycles. The fraction of sp³-hybridized carbons (Fsp3) is 0.438. The highest BCUT2D eigenvalue weighted by molar-refractivity contribution is 5.29. The van der Waals surface area contributed by atoms with Crippen molar-refractivity contribution in [2.75, 3.05) is 20.3 Å². The summed E-state index contributed by atoms with van der Waals surface area (Å²) in [5.74, 6) is 1.65. The third-order valence-electron chi connectivity index (χ3n) is 3.30. The second-order valence-corrected chi connectivity index (χ2v) is 4.65. The molecule has 1 heterocycles. The van der Waals surface area contributed by atoms with Crippen LogP contribution in [0.2, 0.25) is 0 Å². The number of nitrogens with zero attached hydrogens (tertiary/aromatic N) is 2. The normalized spacial score (nSPS) is 12.1. The molecule has 1 unspecified atom stereocenters. The molecule has 0 amide bonds. The van der Waals surface area contributed by atoms with Crippen molar-refractivity contribution < 1.29 is 9.47 Å². The topological polar surface area (TPSA) is 48.3 Å². The van der Waals surface area contributed by atoms with Gasteiger partial charge in [0.1, 0.15) is 18.1 Å². The lowest BCUT2D eigenvalue weighted by Gasteiger charge is -2.20. The number of hydrogen-bond donors (Lipinski definition) is 1. The van der Waals surface area contributed by atoms with Gasteiger partial charge in [-0.25, -0.2) is 0 Å². The van der Waals surface area contributed by atoms with Gasteiger partial charge in [0.05, 0.1) is 19.3 Å². The van der Waals surface area contributed by atoms with Gasteiger partial charge in [0.15, 0.2) is 5.75 Å². The number of nitrogens with one attached hydrogen (secondary N) is 1. The minimum Gasteiger partial charge on any atom is -0.493 e. The predicted octanol–water partition coefficient (Wildman–Crippen LogP) is 2.64. The van der Waals surface area contributed by atoms with Crippen LogP contribution in [0, 0.1) is 0 Å². The molecule has 1 aromatic carbocycles. The van der Waals surface area contributed by atoms with E-state index in [-0.39, 0.29) is 6.04 Å². The Morgan fingerprint density at radius 3 is 2.62 bits per heavy atom. The number of likely N-dealkylation sites (N-methyl/N-ethyl adjacent to an activating group) is 1. The van der Waals surface area contributed by atoms with E-state index >= 15 is 0 Å². The molecule has 5 heteroatoms. The Labute approximate surface area is 125 Å². The Hall–Kier alpha value is -2.01. The summed E-state index contributed by atoms with van der Waals surface area (Å²) in [5, 5.41) is 7.80. The molecule has 5 nitrogen and oxygen atoms in total. The van der Waals surface area contributed by atoms with Gasteiger partial charge in [-0.15, -0.1) is 0 Å². The SMILES string of the molecule is CCNC(COc1ccccc1)c1c(OC)cnn1CC. The van der Waals surface area contributed by atoms with E-state index < -0.39 is 0 Å². The molecule has 0 bridgehead atoms. The second-order valence-electron chi connectivity index (χ2n) is 4.65. The zero-order chi connectivity index (χ0) is 15.1. The molecule has 1 atom stereocenters. The minimum atomic E-state index is 0.0348. The summed E-state index contributed by atoms with van der Waals surface area (Å²) in [6, 6.07) is 9.86. The van der Waals surface area contributed by atoms with Crippen LogP contribution in [0.4, 0.5) is 0 Å². The Bertz CT molecular complexity index is 518. The monoisotopic (exact) mass is 289 g/mol. The van der Waals surface area contributed by atoms with Crippen molar-refractivity contribution in [3.05, 3.63) is 42.2 Å². The van der Waals surface area contributed by atoms with Gasteiger partial charge in [-0.05, 0) is 25.6 Å². The van der Waals surface area contributed by atoms with Gasteiger partial charge in [-0.2, -0.15) is 5.10 Å². The standard InChI is InChI=1S/C16H23N3O2/c1-4-17-14(12-21-13-9-7-6-8-10-13)16-15(20-3)11-18-19(16)5-2/h6-11,14,17H,4-5,12H2,1-3H3. The molecule has 0 saturated carbocycles. The first-order valence-electron chi connectivity index (χ1n) is 7.31. The molecule has 0 radical (unpaired) electrons. The van der Waals surface area contributed by atoms with E-state index in [1.807, 2.05) is 35.0 Å². The number of aromatic nitrogens is 2. The van der Waals surface area contributed by atoms with Crippen molar-refractivity contribution in [3.63, 3.8) is 0 Å². The lowest BCUT2D eigenvalue weighted by atomic mass is 10.2. The van der Waals surface area contributed by atoms with Crippen molar-refractivity contribution in [2.45, 2.75) is 26.4 Å².